The van der Waals surface area contributed by atoms with Crippen LogP contribution < -0.4 is 5.73 Å². The average Bonchev–Trinajstić information content (AvgIpc) is 2.84. The number of halogens is 1. The van der Waals surface area contributed by atoms with Gasteiger partial charge in [-0.3, -0.25) is 0 Å². The van der Waals surface area contributed by atoms with Gasteiger partial charge in [0.1, 0.15) is 11.5 Å². The summed E-state index contributed by atoms with van der Waals surface area (Å²) in [6, 6.07) is 12.4. The Morgan fingerprint density at radius 2 is 1.81 bits per heavy atom. The fourth-order valence-corrected chi connectivity index (χ4v) is 2.31. The molecule has 0 radical (unpaired) electrons. The summed E-state index contributed by atoms with van der Waals surface area (Å²) in [7, 11) is 0. The highest BCUT2D eigenvalue weighted by Gasteiger charge is 2.20. The zero-order valence-corrected chi connectivity index (χ0v) is 11.9. The first-order chi connectivity index (χ1) is 10.1. The maximum atomic E-state index is 14.0. The molecule has 0 aliphatic rings. The third kappa shape index (κ3) is 2.29. The second-order valence-corrected chi connectivity index (χ2v) is 5.05. The number of nitrogens with two attached hydrogens (primary N) is 1. The van der Waals surface area contributed by atoms with E-state index in [9.17, 15) is 4.39 Å². The van der Waals surface area contributed by atoms with E-state index in [0.29, 0.717) is 16.8 Å². The average molecular weight is 282 g/mol. The standard InChI is InChI=1S/C17H15FN2O/c1-10-7-8-12(9-11(10)2)16-15(17(19)21-20-16)13-5-3-4-6-14(13)18/h3-9H,19H2,1-2H3. The Hall–Kier alpha value is -2.62. The molecule has 0 saturated heterocycles. The largest absolute Gasteiger partial charge is 0.367 e. The number of nitrogens with zero attached hydrogens (tertiary/aromatic N) is 1. The second kappa shape index (κ2) is 5.05. The zero-order valence-electron chi connectivity index (χ0n) is 11.9. The van der Waals surface area contributed by atoms with Gasteiger partial charge >= 0.3 is 0 Å². The summed E-state index contributed by atoms with van der Waals surface area (Å²) in [5, 5.41) is 4.01. The van der Waals surface area contributed by atoms with Crippen molar-refractivity contribution in [2.45, 2.75) is 13.8 Å². The van der Waals surface area contributed by atoms with Crippen LogP contribution in [0.3, 0.4) is 0 Å². The molecule has 2 aromatic carbocycles. The number of nitrogen functional groups attached to an aromatic ring is 1. The summed E-state index contributed by atoms with van der Waals surface area (Å²) in [6.45, 7) is 4.05. The third-order valence-electron chi connectivity index (χ3n) is 3.64. The molecule has 0 aliphatic carbocycles. The first kappa shape index (κ1) is 13.4. The van der Waals surface area contributed by atoms with Crippen molar-refractivity contribution in [2.75, 3.05) is 5.73 Å². The van der Waals surface area contributed by atoms with Gasteiger partial charge in [-0.1, -0.05) is 35.5 Å². The lowest BCUT2D eigenvalue weighted by atomic mass is 9.98. The Kier molecular flexibility index (Phi) is 3.22. The van der Waals surface area contributed by atoms with Gasteiger partial charge in [0.05, 0.1) is 5.56 Å². The molecular formula is C17H15FN2O. The lowest BCUT2D eigenvalue weighted by molar-refractivity contribution is 0.439. The van der Waals surface area contributed by atoms with Crippen LogP contribution in [0.5, 0.6) is 0 Å². The molecule has 0 amide bonds. The highest BCUT2D eigenvalue weighted by Crippen LogP contribution is 2.37. The van der Waals surface area contributed by atoms with Crippen molar-refractivity contribution in [3.63, 3.8) is 0 Å². The summed E-state index contributed by atoms with van der Waals surface area (Å²) in [5.41, 5.74) is 10.5. The molecule has 0 aliphatic heterocycles. The quantitative estimate of drug-likeness (QED) is 0.760. The van der Waals surface area contributed by atoms with Crippen molar-refractivity contribution in [2.24, 2.45) is 0 Å². The van der Waals surface area contributed by atoms with E-state index in [2.05, 4.69) is 5.16 Å². The molecule has 1 aromatic heterocycles. The smallest absolute Gasteiger partial charge is 0.230 e. The van der Waals surface area contributed by atoms with Crippen LogP contribution in [0.4, 0.5) is 10.3 Å². The second-order valence-electron chi connectivity index (χ2n) is 5.05. The minimum absolute atomic E-state index is 0.119. The van der Waals surface area contributed by atoms with E-state index in [-0.39, 0.29) is 11.7 Å². The third-order valence-corrected chi connectivity index (χ3v) is 3.64. The Labute approximate surface area is 122 Å². The van der Waals surface area contributed by atoms with Crippen molar-refractivity contribution < 1.29 is 8.91 Å². The SMILES string of the molecule is Cc1ccc(-c2noc(N)c2-c2ccccc2F)cc1C. The van der Waals surface area contributed by atoms with Crippen LogP contribution in [0.1, 0.15) is 11.1 Å². The molecule has 0 spiro atoms. The van der Waals surface area contributed by atoms with Crippen molar-refractivity contribution in [3.8, 4) is 22.4 Å². The van der Waals surface area contributed by atoms with Gasteiger partial charge in [0.15, 0.2) is 0 Å². The lowest BCUT2D eigenvalue weighted by Crippen LogP contribution is -1.91. The molecule has 4 heteroatoms. The van der Waals surface area contributed by atoms with Crippen molar-refractivity contribution in [1.82, 2.24) is 5.16 Å². The number of hydrogen-bond acceptors (Lipinski definition) is 3. The highest BCUT2D eigenvalue weighted by atomic mass is 19.1. The first-order valence-corrected chi connectivity index (χ1v) is 6.65. The highest BCUT2D eigenvalue weighted by molar-refractivity contribution is 5.87. The van der Waals surface area contributed by atoms with Crippen LogP contribution in [0, 0.1) is 19.7 Å². The Bertz CT molecular complexity index is 808. The molecule has 1 heterocycles. The van der Waals surface area contributed by atoms with Gasteiger partial charge in [-0.05, 0) is 37.1 Å². The number of anilines is 1. The zero-order chi connectivity index (χ0) is 15.0. The predicted octanol–water partition coefficient (Wildman–Crippen LogP) is 4.35. The number of rotatable bonds is 2. The van der Waals surface area contributed by atoms with E-state index >= 15 is 0 Å². The molecule has 2 N–H and O–H groups in total. The summed E-state index contributed by atoms with van der Waals surface area (Å²) < 4.78 is 19.1. The van der Waals surface area contributed by atoms with Gasteiger partial charge in [-0.25, -0.2) is 4.39 Å². The Morgan fingerprint density at radius 3 is 2.52 bits per heavy atom. The summed E-state index contributed by atoms with van der Waals surface area (Å²) in [6.07, 6.45) is 0. The van der Waals surface area contributed by atoms with Gasteiger partial charge in [0, 0.05) is 11.1 Å². The van der Waals surface area contributed by atoms with Crippen LogP contribution in [-0.4, -0.2) is 5.16 Å². The van der Waals surface area contributed by atoms with Crippen molar-refractivity contribution in [3.05, 3.63) is 59.4 Å². The Morgan fingerprint density at radius 1 is 1.05 bits per heavy atom. The van der Waals surface area contributed by atoms with Crippen LogP contribution in [0.25, 0.3) is 22.4 Å². The topological polar surface area (TPSA) is 52.0 Å². The molecular weight excluding hydrogens is 267 g/mol. The van der Waals surface area contributed by atoms with Gasteiger partial charge in [0.2, 0.25) is 5.88 Å². The van der Waals surface area contributed by atoms with Gasteiger partial charge in [-0.2, -0.15) is 0 Å². The van der Waals surface area contributed by atoms with Gasteiger partial charge in [-0.15, -0.1) is 0 Å². The molecule has 21 heavy (non-hydrogen) atoms. The number of benzene rings is 2. The van der Waals surface area contributed by atoms with Crippen LogP contribution >= 0.6 is 0 Å². The fourth-order valence-electron chi connectivity index (χ4n) is 2.31. The van der Waals surface area contributed by atoms with E-state index in [1.54, 1.807) is 18.2 Å². The molecule has 3 nitrogen and oxygen atoms in total. The summed E-state index contributed by atoms with van der Waals surface area (Å²) >= 11 is 0. The number of aryl methyl sites for hydroxylation is 2. The lowest BCUT2D eigenvalue weighted by Gasteiger charge is -2.06. The normalized spacial score (nSPS) is 10.8. The molecule has 0 fully saturated rings. The van der Waals surface area contributed by atoms with E-state index in [4.69, 9.17) is 10.3 Å². The fraction of sp³-hybridized carbons (Fsp3) is 0.118. The van der Waals surface area contributed by atoms with E-state index in [1.807, 2.05) is 32.0 Å². The molecule has 106 valence electrons. The van der Waals surface area contributed by atoms with E-state index < -0.39 is 0 Å². The van der Waals surface area contributed by atoms with Gasteiger partial charge < -0.3 is 10.3 Å². The molecule has 3 rings (SSSR count). The molecule has 0 unspecified atom stereocenters. The van der Waals surface area contributed by atoms with Crippen molar-refractivity contribution >= 4 is 5.88 Å². The van der Waals surface area contributed by atoms with Crippen molar-refractivity contribution in [1.29, 1.82) is 0 Å². The van der Waals surface area contributed by atoms with Crippen LogP contribution in [0.2, 0.25) is 0 Å². The molecule has 0 bridgehead atoms. The minimum Gasteiger partial charge on any atom is -0.367 e. The first-order valence-electron chi connectivity index (χ1n) is 6.65. The number of aromatic nitrogens is 1. The maximum Gasteiger partial charge on any atom is 0.230 e. The van der Waals surface area contributed by atoms with Crippen LogP contribution in [0.15, 0.2) is 47.0 Å². The summed E-state index contributed by atoms with van der Waals surface area (Å²) in [4.78, 5) is 0. The monoisotopic (exact) mass is 282 g/mol. The number of hydrogen-bond donors (Lipinski definition) is 1. The molecule has 0 saturated carbocycles. The maximum absolute atomic E-state index is 14.0. The van der Waals surface area contributed by atoms with E-state index in [0.717, 1.165) is 11.1 Å². The predicted molar refractivity (Wildman–Crippen MR) is 81.2 cm³/mol. The minimum atomic E-state index is -0.350. The molecule has 3 aromatic rings. The Balaban J connectivity index is 2.22. The molecule has 0 atom stereocenters. The van der Waals surface area contributed by atoms with Gasteiger partial charge in [0.25, 0.3) is 0 Å². The van der Waals surface area contributed by atoms with E-state index in [1.165, 1.54) is 11.6 Å². The van der Waals surface area contributed by atoms with Crippen LogP contribution in [-0.2, 0) is 0 Å². The summed E-state index contributed by atoms with van der Waals surface area (Å²) in [5.74, 6) is -0.231.